The molecule has 1 fully saturated rings. The highest BCUT2D eigenvalue weighted by Gasteiger charge is 2.35. The van der Waals surface area contributed by atoms with Gasteiger partial charge in [-0.3, -0.25) is 4.98 Å². The van der Waals surface area contributed by atoms with E-state index in [1.54, 1.807) is 0 Å². The molecule has 1 aliphatic rings. The fourth-order valence-electron chi connectivity index (χ4n) is 2.88. The Morgan fingerprint density at radius 1 is 1.26 bits per heavy atom. The number of fused-ring (bicyclic) bond motifs is 1. The van der Waals surface area contributed by atoms with Gasteiger partial charge in [0.15, 0.2) is 0 Å². The van der Waals surface area contributed by atoms with E-state index in [-0.39, 0.29) is 5.41 Å². The summed E-state index contributed by atoms with van der Waals surface area (Å²) in [5.74, 6) is 0.481. The van der Waals surface area contributed by atoms with Crippen molar-refractivity contribution in [2.24, 2.45) is 5.41 Å². The molecule has 3 rings (SSSR count). The summed E-state index contributed by atoms with van der Waals surface area (Å²) in [6, 6.07) is 10.6. The van der Waals surface area contributed by atoms with Crippen LogP contribution in [0, 0.1) is 5.41 Å². The zero-order valence-corrected chi connectivity index (χ0v) is 12.9. The van der Waals surface area contributed by atoms with Crippen molar-refractivity contribution in [3.05, 3.63) is 40.5 Å². The third kappa shape index (κ3) is 2.54. The van der Waals surface area contributed by atoms with E-state index < -0.39 is 0 Å². The van der Waals surface area contributed by atoms with Gasteiger partial charge < -0.3 is 4.74 Å². The van der Waals surface area contributed by atoms with E-state index in [9.17, 15) is 0 Å². The quantitative estimate of drug-likeness (QED) is 0.770. The normalized spacial score (nSPS) is 22.6. The number of hydrogen-bond acceptors (Lipinski definition) is 2. The molecule has 3 heteroatoms. The molecule has 0 aliphatic carbocycles. The SMILES string of the molecule is CC1(C)COCCC1c1ccc2cc(Br)ccc2n1. The molecule has 1 aromatic carbocycles. The van der Waals surface area contributed by atoms with Crippen molar-refractivity contribution >= 4 is 26.8 Å². The van der Waals surface area contributed by atoms with Gasteiger partial charge in [-0.2, -0.15) is 0 Å². The minimum Gasteiger partial charge on any atom is -0.381 e. The minimum absolute atomic E-state index is 0.161. The predicted molar refractivity (Wildman–Crippen MR) is 81.4 cm³/mol. The monoisotopic (exact) mass is 319 g/mol. The zero-order valence-electron chi connectivity index (χ0n) is 11.3. The van der Waals surface area contributed by atoms with Crippen LogP contribution in [0.25, 0.3) is 10.9 Å². The van der Waals surface area contributed by atoms with Gasteiger partial charge in [-0.1, -0.05) is 35.8 Å². The molecule has 0 amide bonds. The van der Waals surface area contributed by atoms with E-state index in [1.807, 2.05) is 6.07 Å². The van der Waals surface area contributed by atoms with E-state index in [0.717, 1.165) is 29.6 Å². The molecule has 1 aliphatic heterocycles. The van der Waals surface area contributed by atoms with Crippen LogP contribution in [0.15, 0.2) is 34.8 Å². The topological polar surface area (TPSA) is 22.1 Å². The maximum atomic E-state index is 5.61. The number of pyridine rings is 1. The lowest BCUT2D eigenvalue weighted by atomic mass is 9.74. The lowest BCUT2D eigenvalue weighted by molar-refractivity contribution is -0.00552. The van der Waals surface area contributed by atoms with Crippen molar-refractivity contribution < 1.29 is 4.74 Å². The molecule has 2 nitrogen and oxygen atoms in total. The molecule has 1 unspecified atom stereocenters. The largest absolute Gasteiger partial charge is 0.381 e. The van der Waals surface area contributed by atoms with Gasteiger partial charge in [0, 0.05) is 28.1 Å². The molecule has 0 spiro atoms. The molecule has 19 heavy (non-hydrogen) atoms. The van der Waals surface area contributed by atoms with Gasteiger partial charge in [0.2, 0.25) is 0 Å². The summed E-state index contributed by atoms with van der Waals surface area (Å²) in [5.41, 5.74) is 2.43. The van der Waals surface area contributed by atoms with Crippen molar-refractivity contribution in [1.29, 1.82) is 0 Å². The molecule has 1 aromatic heterocycles. The molecule has 2 heterocycles. The smallest absolute Gasteiger partial charge is 0.0706 e. The Kier molecular flexibility index (Phi) is 3.35. The van der Waals surface area contributed by atoms with Crippen molar-refractivity contribution in [2.45, 2.75) is 26.2 Å². The average molecular weight is 320 g/mol. The van der Waals surface area contributed by atoms with E-state index in [0.29, 0.717) is 5.92 Å². The van der Waals surface area contributed by atoms with Crippen molar-refractivity contribution in [3.8, 4) is 0 Å². The van der Waals surface area contributed by atoms with Crippen LogP contribution in [0.4, 0.5) is 0 Å². The molecule has 0 bridgehead atoms. The molecular formula is C16H18BrNO. The lowest BCUT2D eigenvalue weighted by Gasteiger charge is -2.38. The second-order valence-corrected chi connectivity index (χ2v) is 6.87. The summed E-state index contributed by atoms with van der Waals surface area (Å²) in [6.45, 7) is 6.19. The Morgan fingerprint density at radius 2 is 2.11 bits per heavy atom. The van der Waals surface area contributed by atoms with Crippen LogP contribution in [0.5, 0.6) is 0 Å². The van der Waals surface area contributed by atoms with Crippen LogP contribution in [0.2, 0.25) is 0 Å². The van der Waals surface area contributed by atoms with Crippen LogP contribution < -0.4 is 0 Å². The number of nitrogens with zero attached hydrogens (tertiary/aromatic N) is 1. The number of benzene rings is 1. The number of ether oxygens (including phenoxy) is 1. The highest BCUT2D eigenvalue weighted by Crippen LogP contribution is 2.40. The van der Waals surface area contributed by atoms with Gasteiger partial charge in [-0.15, -0.1) is 0 Å². The van der Waals surface area contributed by atoms with Crippen molar-refractivity contribution in [2.75, 3.05) is 13.2 Å². The third-order valence-corrected chi connectivity index (χ3v) is 4.49. The van der Waals surface area contributed by atoms with E-state index in [2.05, 4.69) is 54.0 Å². The fraction of sp³-hybridized carbons (Fsp3) is 0.438. The molecule has 0 saturated carbocycles. The summed E-state index contributed by atoms with van der Waals surface area (Å²) in [6.07, 6.45) is 1.06. The van der Waals surface area contributed by atoms with Gasteiger partial charge in [0.1, 0.15) is 0 Å². The van der Waals surface area contributed by atoms with Crippen molar-refractivity contribution in [1.82, 2.24) is 4.98 Å². The second-order valence-electron chi connectivity index (χ2n) is 5.96. The number of aromatic nitrogens is 1. The van der Waals surface area contributed by atoms with E-state index in [1.165, 1.54) is 11.1 Å². The molecule has 0 N–H and O–H groups in total. The minimum atomic E-state index is 0.161. The molecule has 2 aromatic rings. The Labute approximate surface area is 122 Å². The van der Waals surface area contributed by atoms with Gasteiger partial charge in [0.25, 0.3) is 0 Å². The summed E-state index contributed by atoms with van der Waals surface area (Å²) >= 11 is 3.50. The Hall–Kier alpha value is -0.930. The summed E-state index contributed by atoms with van der Waals surface area (Å²) in [5, 5.41) is 1.18. The number of hydrogen-bond donors (Lipinski definition) is 0. The highest BCUT2D eigenvalue weighted by molar-refractivity contribution is 9.10. The maximum Gasteiger partial charge on any atom is 0.0706 e. The lowest BCUT2D eigenvalue weighted by Crippen LogP contribution is -2.34. The van der Waals surface area contributed by atoms with Gasteiger partial charge in [-0.25, -0.2) is 0 Å². The molecule has 100 valence electrons. The summed E-state index contributed by atoms with van der Waals surface area (Å²) in [4.78, 5) is 4.86. The van der Waals surface area contributed by atoms with Crippen LogP contribution in [-0.2, 0) is 4.74 Å². The first-order valence-electron chi connectivity index (χ1n) is 6.70. The van der Waals surface area contributed by atoms with Crippen molar-refractivity contribution in [3.63, 3.8) is 0 Å². The van der Waals surface area contributed by atoms with Gasteiger partial charge in [-0.05, 0) is 36.1 Å². The highest BCUT2D eigenvalue weighted by atomic mass is 79.9. The zero-order chi connectivity index (χ0) is 13.5. The van der Waals surface area contributed by atoms with Gasteiger partial charge in [0.05, 0.1) is 12.1 Å². The summed E-state index contributed by atoms with van der Waals surface area (Å²) in [7, 11) is 0. The second kappa shape index (κ2) is 4.88. The van der Waals surface area contributed by atoms with Crippen LogP contribution in [0.3, 0.4) is 0 Å². The maximum absolute atomic E-state index is 5.61. The molecule has 1 atom stereocenters. The molecule has 0 radical (unpaired) electrons. The first kappa shape index (κ1) is 13.1. The first-order chi connectivity index (χ1) is 9.06. The number of rotatable bonds is 1. The van der Waals surface area contributed by atoms with E-state index in [4.69, 9.17) is 9.72 Å². The number of halogens is 1. The Morgan fingerprint density at radius 3 is 2.89 bits per heavy atom. The standard InChI is InChI=1S/C16H18BrNO/c1-16(2)10-19-8-7-13(16)15-5-3-11-9-12(17)4-6-14(11)18-15/h3-6,9,13H,7-8,10H2,1-2H3. The fourth-order valence-corrected chi connectivity index (χ4v) is 3.26. The molecular weight excluding hydrogens is 302 g/mol. The predicted octanol–water partition coefficient (Wildman–Crippen LogP) is 4.53. The van der Waals surface area contributed by atoms with Crippen LogP contribution in [0.1, 0.15) is 31.9 Å². The third-order valence-electron chi connectivity index (χ3n) is 4.00. The average Bonchev–Trinajstić information content (AvgIpc) is 2.38. The molecule has 1 saturated heterocycles. The van der Waals surface area contributed by atoms with Crippen LogP contribution in [-0.4, -0.2) is 18.2 Å². The first-order valence-corrected chi connectivity index (χ1v) is 7.49. The Bertz CT molecular complexity index is 609. The summed E-state index contributed by atoms with van der Waals surface area (Å²) < 4.78 is 6.70. The Balaban J connectivity index is 2.03. The van der Waals surface area contributed by atoms with Gasteiger partial charge >= 0.3 is 0 Å². The van der Waals surface area contributed by atoms with Crippen LogP contribution >= 0.6 is 15.9 Å². The van der Waals surface area contributed by atoms with E-state index >= 15 is 0 Å².